The summed E-state index contributed by atoms with van der Waals surface area (Å²) in [6.45, 7) is 6.16. The average Bonchev–Trinajstić information content (AvgIpc) is 3.35. The number of nitrogens with two attached hydrogens (primary N) is 1. The number of aromatic nitrogens is 4. The van der Waals surface area contributed by atoms with Crippen LogP contribution in [0.15, 0.2) is 59.8 Å². The van der Waals surface area contributed by atoms with Gasteiger partial charge in [-0.3, -0.25) is 4.79 Å². The topological polar surface area (TPSA) is 97.2 Å². The molecule has 2 N–H and O–H groups in total. The molecule has 176 valence electrons. The van der Waals surface area contributed by atoms with Gasteiger partial charge in [-0.2, -0.15) is 0 Å². The molecule has 0 fully saturated rings. The molecular weight excluding hydrogens is 450 g/mol. The lowest BCUT2D eigenvalue weighted by Gasteiger charge is -2.10. The lowest BCUT2D eigenvalue weighted by Crippen LogP contribution is -2.16. The molecule has 0 aliphatic carbocycles. The van der Waals surface area contributed by atoms with Gasteiger partial charge < -0.3 is 19.9 Å². The summed E-state index contributed by atoms with van der Waals surface area (Å²) < 4.78 is 14.4. The number of Topliss-reactive ketones (excluding diaryl/α,β-unsaturated/α-hetero) is 1. The van der Waals surface area contributed by atoms with Crippen LogP contribution in [0, 0.1) is 20.8 Å². The molecule has 0 radical (unpaired) electrons. The van der Waals surface area contributed by atoms with Crippen molar-refractivity contribution in [1.82, 2.24) is 19.4 Å². The first-order valence-corrected chi connectivity index (χ1v) is 11.7. The number of ketones is 1. The number of methoxy groups -OCH3 is 1. The third-order valence-corrected chi connectivity index (χ3v) is 6.44. The van der Waals surface area contributed by atoms with Gasteiger partial charge >= 0.3 is 0 Å². The Hall–Kier alpha value is -3.72. The van der Waals surface area contributed by atoms with E-state index < -0.39 is 0 Å². The number of nitrogen functional groups attached to an aromatic ring is 1. The number of hydrogen-bond donors (Lipinski definition) is 1. The number of carbonyl (C=O) groups excluding carboxylic acids is 1. The van der Waals surface area contributed by atoms with Crippen LogP contribution in [-0.2, 0) is 6.61 Å². The fourth-order valence-electron chi connectivity index (χ4n) is 3.69. The minimum Gasteiger partial charge on any atom is -0.497 e. The van der Waals surface area contributed by atoms with Gasteiger partial charge in [0.25, 0.3) is 0 Å². The average molecular weight is 478 g/mol. The largest absolute Gasteiger partial charge is 0.497 e. The van der Waals surface area contributed by atoms with Crippen molar-refractivity contribution in [2.45, 2.75) is 32.5 Å². The summed E-state index contributed by atoms with van der Waals surface area (Å²) in [7, 11) is 1.60. The first kappa shape index (κ1) is 23.4. The second-order valence-electron chi connectivity index (χ2n) is 7.90. The summed E-state index contributed by atoms with van der Waals surface area (Å²) in [6, 6.07) is 17.4. The highest BCUT2D eigenvalue weighted by Gasteiger charge is 2.19. The Labute approximate surface area is 202 Å². The van der Waals surface area contributed by atoms with Gasteiger partial charge in [-0.05, 0) is 51.1 Å². The van der Waals surface area contributed by atoms with Crippen LogP contribution in [0.25, 0.3) is 5.69 Å². The van der Waals surface area contributed by atoms with Crippen molar-refractivity contribution in [2.75, 3.05) is 18.7 Å². The molecule has 2 heterocycles. The maximum absolute atomic E-state index is 13.0. The Kier molecular flexibility index (Phi) is 6.93. The molecule has 0 bridgehead atoms. The number of carbonyl (C=O) groups is 1. The van der Waals surface area contributed by atoms with E-state index in [4.69, 9.17) is 15.3 Å². The van der Waals surface area contributed by atoms with Crippen molar-refractivity contribution in [2.24, 2.45) is 0 Å². The van der Waals surface area contributed by atoms with Crippen molar-refractivity contribution >= 4 is 17.5 Å². The van der Waals surface area contributed by atoms with Crippen LogP contribution in [0.3, 0.4) is 0 Å². The number of rotatable bonds is 9. The van der Waals surface area contributed by atoms with E-state index in [1.54, 1.807) is 13.2 Å². The summed E-state index contributed by atoms with van der Waals surface area (Å²) in [5.41, 5.74) is 4.84. The third-order valence-electron chi connectivity index (χ3n) is 5.50. The van der Waals surface area contributed by atoms with Crippen LogP contribution in [0.2, 0.25) is 0 Å². The molecule has 2 aromatic carbocycles. The molecule has 2 aromatic heterocycles. The van der Waals surface area contributed by atoms with E-state index in [9.17, 15) is 4.79 Å². The Balaban J connectivity index is 1.41. The predicted octanol–water partition coefficient (Wildman–Crippen LogP) is 4.27. The lowest BCUT2D eigenvalue weighted by molar-refractivity contribution is 0.102. The zero-order valence-corrected chi connectivity index (χ0v) is 20.4. The van der Waals surface area contributed by atoms with Crippen LogP contribution >= 0.6 is 11.8 Å². The summed E-state index contributed by atoms with van der Waals surface area (Å²) in [5.74, 6) is 8.14. The molecule has 0 amide bonds. The minimum absolute atomic E-state index is 0.00800. The number of hydrogen-bond acceptors (Lipinski definition) is 7. The SMILES string of the molecule is COc1cccc(OCc2nnc(SCC(=O)c3cc(C)n(-c4ccc(C)cc4)c3C)n2N)c1. The first-order chi connectivity index (χ1) is 16.4. The minimum atomic E-state index is 0.00800. The molecule has 0 aliphatic rings. The Morgan fingerprint density at radius 3 is 2.50 bits per heavy atom. The molecule has 8 nitrogen and oxygen atoms in total. The van der Waals surface area contributed by atoms with E-state index >= 15 is 0 Å². The highest BCUT2D eigenvalue weighted by Crippen LogP contribution is 2.25. The fourth-order valence-corrected chi connectivity index (χ4v) is 4.45. The molecular formula is C25H27N5O3S. The monoisotopic (exact) mass is 477 g/mol. The van der Waals surface area contributed by atoms with E-state index in [0.717, 1.165) is 17.1 Å². The third kappa shape index (κ3) is 4.94. The van der Waals surface area contributed by atoms with E-state index in [1.165, 1.54) is 22.0 Å². The van der Waals surface area contributed by atoms with Crippen molar-refractivity contribution in [3.63, 3.8) is 0 Å². The summed E-state index contributed by atoms with van der Waals surface area (Å²) in [4.78, 5) is 13.0. The van der Waals surface area contributed by atoms with Gasteiger partial charge in [0.1, 0.15) is 18.1 Å². The number of nitrogens with zero attached hydrogens (tertiary/aromatic N) is 4. The van der Waals surface area contributed by atoms with E-state index in [2.05, 4.69) is 46.0 Å². The van der Waals surface area contributed by atoms with E-state index in [1.807, 2.05) is 38.1 Å². The summed E-state index contributed by atoms with van der Waals surface area (Å²) in [5, 5.41) is 8.67. The maximum Gasteiger partial charge on any atom is 0.210 e. The van der Waals surface area contributed by atoms with E-state index in [-0.39, 0.29) is 18.1 Å². The normalized spacial score (nSPS) is 10.9. The number of benzene rings is 2. The number of aryl methyl sites for hydroxylation is 2. The summed E-state index contributed by atoms with van der Waals surface area (Å²) in [6.07, 6.45) is 0. The van der Waals surface area contributed by atoms with Crippen molar-refractivity contribution in [1.29, 1.82) is 0 Å². The van der Waals surface area contributed by atoms with Gasteiger partial charge in [-0.25, -0.2) is 4.68 Å². The van der Waals surface area contributed by atoms with E-state index in [0.29, 0.717) is 28.0 Å². The molecule has 9 heteroatoms. The fraction of sp³-hybridized carbons (Fsp3) is 0.240. The Morgan fingerprint density at radius 1 is 1.03 bits per heavy atom. The number of ether oxygens (including phenoxy) is 2. The molecule has 0 saturated heterocycles. The number of thioether (sulfide) groups is 1. The predicted molar refractivity (Wildman–Crippen MR) is 133 cm³/mol. The van der Waals surface area contributed by atoms with Crippen LogP contribution in [0.1, 0.15) is 33.1 Å². The first-order valence-electron chi connectivity index (χ1n) is 10.8. The van der Waals surface area contributed by atoms with Gasteiger partial charge in [0.15, 0.2) is 11.6 Å². The van der Waals surface area contributed by atoms with Crippen LogP contribution in [-0.4, -0.2) is 38.1 Å². The Morgan fingerprint density at radius 2 is 1.76 bits per heavy atom. The maximum atomic E-state index is 13.0. The Bertz CT molecular complexity index is 1310. The van der Waals surface area contributed by atoms with Gasteiger partial charge in [0.05, 0.1) is 12.9 Å². The van der Waals surface area contributed by atoms with Crippen molar-refractivity contribution < 1.29 is 14.3 Å². The standard InChI is InChI=1S/C25H27N5O3S/c1-16-8-10-19(11-9-16)29-17(2)12-22(18(29)3)23(31)15-34-25-28-27-24(30(25)26)14-33-21-7-5-6-20(13-21)32-4/h5-13H,14-15,26H2,1-4H3. The zero-order valence-electron chi connectivity index (χ0n) is 19.6. The van der Waals surface area contributed by atoms with Crippen LogP contribution in [0.4, 0.5) is 0 Å². The molecule has 0 saturated carbocycles. The molecule has 0 unspecified atom stereocenters. The second kappa shape index (κ2) is 10.0. The smallest absolute Gasteiger partial charge is 0.210 e. The second-order valence-corrected chi connectivity index (χ2v) is 8.85. The molecule has 4 rings (SSSR count). The highest BCUT2D eigenvalue weighted by molar-refractivity contribution is 7.99. The molecule has 0 aliphatic heterocycles. The van der Waals surface area contributed by atoms with Crippen molar-refractivity contribution in [3.8, 4) is 17.2 Å². The van der Waals surface area contributed by atoms with Gasteiger partial charge in [0, 0.05) is 28.7 Å². The highest BCUT2D eigenvalue weighted by atomic mass is 32.2. The van der Waals surface area contributed by atoms with Gasteiger partial charge in [0.2, 0.25) is 5.16 Å². The molecule has 0 spiro atoms. The van der Waals surface area contributed by atoms with Crippen LogP contribution in [0.5, 0.6) is 11.5 Å². The zero-order chi connectivity index (χ0) is 24.2. The summed E-state index contributed by atoms with van der Waals surface area (Å²) >= 11 is 1.25. The molecule has 34 heavy (non-hydrogen) atoms. The molecule has 0 atom stereocenters. The van der Waals surface area contributed by atoms with Crippen molar-refractivity contribution in [3.05, 3.63) is 82.9 Å². The van der Waals surface area contributed by atoms with Gasteiger partial charge in [-0.15, -0.1) is 10.2 Å². The van der Waals surface area contributed by atoms with Gasteiger partial charge in [-0.1, -0.05) is 35.5 Å². The molecule has 4 aromatic rings. The van der Waals surface area contributed by atoms with Crippen LogP contribution < -0.4 is 15.3 Å². The quantitative estimate of drug-likeness (QED) is 0.218. The lowest BCUT2D eigenvalue weighted by atomic mass is 10.2.